The maximum atomic E-state index is 2.41. The Morgan fingerprint density at radius 2 is 1.36 bits per heavy atom. The molecule has 0 atom stereocenters. The van der Waals surface area contributed by atoms with E-state index in [0.717, 1.165) is 0 Å². The van der Waals surface area contributed by atoms with Gasteiger partial charge in [-0.1, -0.05) is 0 Å². The predicted octanol–water partition coefficient (Wildman–Crippen LogP) is 4.28. The molecule has 0 amide bonds. The number of benzene rings is 1. The summed E-state index contributed by atoms with van der Waals surface area (Å²) in [6, 6.07) is 11.1. The van der Waals surface area contributed by atoms with Gasteiger partial charge in [0, 0.05) is 0 Å². The van der Waals surface area contributed by atoms with Crippen molar-refractivity contribution in [1.82, 2.24) is 0 Å². The van der Waals surface area contributed by atoms with E-state index < -0.39 is 18.4 Å². The predicted molar refractivity (Wildman–Crippen MR) is 67.3 cm³/mol. The monoisotopic (exact) mass is 298 g/mol. The molecule has 0 radical (unpaired) electrons. The summed E-state index contributed by atoms with van der Waals surface area (Å²) in [5.74, 6) is 0. The first kappa shape index (κ1) is 12.1. The molecule has 0 unspecified atom stereocenters. The van der Waals surface area contributed by atoms with Crippen molar-refractivity contribution in [3.05, 3.63) is 35.9 Å². The van der Waals surface area contributed by atoms with Crippen molar-refractivity contribution in [2.75, 3.05) is 0 Å². The molecule has 0 bridgehead atoms. The van der Waals surface area contributed by atoms with Crippen LogP contribution in [0, 0.1) is 0 Å². The standard InChI is InChI=1S/C7H7.3C2H5.Sn/c1-7-5-3-2-4-6-7;3*1-2;/h2-6H,1H2;3*1H2,2H3;. The average molecular weight is 297 g/mol. The molecule has 1 aromatic rings. The molecule has 0 nitrogen and oxygen atoms in total. The van der Waals surface area contributed by atoms with E-state index >= 15 is 0 Å². The van der Waals surface area contributed by atoms with Gasteiger partial charge in [-0.2, -0.15) is 0 Å². The van der Waals surface area contributed by atoms with Crippen LogP contribution < -0.4 is 0 Å². The fourth-order valence-electron chi connectivity index (χ4n) is 2.15. The molecule has 0 N–H and O–H groups in total. The molecule has 1 rings (SSSR count). The van der Waals surface area contributed by atoms with Crippen LogP contribution in [0.3, 0.4) is 0 Å². The van der Waals surface area contributed by atoms with Crippen molar-refractivity contribution >= 4 is 18.4 Å². The maximum absolute atomic E-state index is 2.41. The van der Waals surface area contributed by atoms with Crippen LogP contribution in [0.15, 0.2) is 30.3 Å². The third-order valence-electron chi connectivity index (χ3n) is 3.67. The van der Waals surface area contributed by atoms with Gasteiger partial charge in [0.25, 0.3) is 0 Å². The van der Waals surface area contributed by atoms with Gasteiger partial charge in [-0.25, -0.2) is 0 Å². The van der Waals surface area contributed by atoms with Crippen LogP contribution in [0.25, 0.3) is 0 Å². The van der Waals surface area contributed by atoms with Crippen LogP contribution in [0.5, 0.6) is 0 Å². The van der Waals surface area contributed by atoms with Gasteiger partial charge in [0.15, 0.2) is 0 Å². The molecule has 0 fully saturated rings. The van der Waals surface area contributed by atoms with Crippen molar-refractivity contribution < 1.29 is 0 Å². The first-order chi connectivity index (χ1) is 6.76. The molecular formula is C13H22Sn. The van der Waals surface area contributed by atoms with Crippen molar-refractivity contribution in [3.63, 3.8) is 0 Å². The Labute approximate surface area is 92.6 Å². The summed E-state index contributed by atoms with van der Waals surface area (Å²) in [7, 11) is 0. The van der Waals surface area contributed by atoms with E-state index in [9.17, 15) is 0 Å². The van der Waals surface area contributed by atoms with E-state index in [1.165, 1.54) is 17.7 Å². The second-order valence-corrected chi connectivity index (χ2v) is 19.8. The Kier molecular flexibility index (Phi) is 5.00. The minimum absolute atomic E-state index is 1.44. The Balaban J connectivity index is 2.74. The molecule has 78 valence electrons. The Morgan fingerprint density at radius 1 is 0.857 bits per heavy atom. The summed E-state index contributed by atoms with van der Waals surface area (Å²) < 4.78 is 5.93. The number of rotatable bonds is 5. The van der Waals surface area contributed by atoms with Crippen molar-refractivity contribution in [3.8, 4) is 0 Å². The summed E-state index contributed by atoms with van der Waals surface area (Å²) in [4.78, 5) is 0. The normalized spacial score (nSPS) is 11.6. The Morgan fingerprint density at radius 3 is 1.79 bits per heavy atom. The molecule has 0 saturated carbocycles. The second-order valence-electron chi connectivity index (χ2n) is 4.22. The summed E-state index contributed by atoms with van der Waals surface area (Å²) in [6.45, 7) is 7.23. The van der Waals surface area contributed by atoms with Crippen LogP contribution in [0.4, 0.5) is 0 Å². The van der Waals surface area contributed by atoms with Crippen LogP contribution in [-0.4, -0.2) is 18.4 Å². The molecule has 0 spiro atoms. The quantitative estimate of drug-likeness (QED) is 0.712. The van der Waals surface area contributed by atoms with Crippen LogP contribution >= 0.6 is 0 Å². The molecule has 0 aliphatic heterocycles. The Hall–Kier alpha value is 0.0187. The second kappa shape index (κ2) is 5.79. The summed E-state index contributed by atoms with van der Waals surface area (Å²) in [5, 5.41) is 0. The third-order valence-corrected chi connectivity index (χ3v) is 19.8. The van der Waals surface area contributed by atoms with Gasteiger partial charge in [-0.3, -0.25) is 0 Å². The van der Waals surface area contributed by atoms with Crippen LogP contribution in [0.2, 0.25) is 13.3 Å². The summed E-state index contributed by atoms with van der Waals surface area (Å²) in [5.41, 5.74) is 1.58. The molecule has 0 saturated heterocycles. The molecular weight excluding hydrogens is 275 g/mol. The minimum atomic E-state index is -1.72. The van der Waals surface area contributed by atoms with E-state index in [4.69, 9.17) is 0 Å². The zero-order chi connectivity index (χ0) is 10.4. The van der Waals surface area contributed by atoms with E-state index in [-0.39, 0.29) is 0 Å². The SMILES string of the molecule is C[CH2][Sn]([CH2]C)([CH2]C)[CH2]c1ccccc1. The van der Waals surface area contributed by atoms with Crippen molar-refractivity contribution in [2.45, 2.75) is 38.5 Å². The molecule has 0 aliphatic carbocycles. The first-order valence-electron chi connectivity index (χ1n) is 5.80. The molecule has 0 aliphatic rings. The fraction of sp³-hybridized carbons (Fsp3) is 0.538. The van der Waals surface area contributed by atoms with E-state index in [1.54, 1.807) is 5.56 Å². The molecule has 0 heterocycles. The number of hydrogen-bond acceptors (Lipinski definition) is 0. The zero-order valence-corrected chi connectivity index (χ0v) is 12.6. The van der Waals surface area contributed by atoms with Gasteiger partial charge in [0.2, 0.25) is 0 Å². The van der Waals surface area contributed by atoms with Crippen molar-refractivity contribution in [2.24, 2.45) is 0 Å². The van der Waals surface area contributed by atoms with E-state index in [0.29, 0.717) is 0 Å². The van der Waals surface area contributed by atoms with Crippen LogP contribution in [-0.2, 0) is 4.44 Å². The summed E-state index contributed by atoms with van der Waals surface area (Å²) >= 11 is -1.72. The Bertz CT molecular complexity index is 241. The molecule has 14 heavy (non-hydrogen) atoms. The van der Waals surface area contributed by atoms with Gasteiger partial charge in [0.1, 0.15) is 0 Å². The van der Waals surface area contributed by atoms with Gasteiger partial charge >= 0.3 is 92.8 Å². The topological polar surface area (TPSA) is 0 Å². The molecule has 1 aromatic carbocycles. The zero-order valence-electron chi connectivity index (χ0n) is 9.72. The summed E-state index contributed by atoms with van der Waals surface area (Å²) in [6.07, 6.45) is 0. The fourth-order valence-corrected chi connectivity index (χ4v) is 11.7. The van der Waals surface area contributed by atoms with E-state index in [2.05, 4.69) is 51.1 Å². The van der Waals surface area contributed by atoms with Crippen LogP contribution in [0.1, 0.15) is 26.3 Å². The van der Waals surface area contributed by atoms with E-state index in [1.807, 2.05) is 0 Å². The molecule has 0 aromatic heterocycles. The van der Waals surface area contributed by atoms with Crippen molar-refractivity contribution in [1.29, 1.82) is 0 Å². The van der Waals surface area contributed by atoms with Gasteiger partial charge in [0.05, 0.1) is 0 Å². The van der Waals surface area contributed by atoms with Gasteiger partial charge in [-0.15, -0.1) is 0 Å². The van der Waals surface area contributed by atoms with Gasteiger partial charge < -0.3 is 0 Å². The average Bonchev–Trinajstić information content (AvgIpc) is 2.28. The number of hydrogen-bond donors (Lipinski definition) is 0. The third kappa shape index (κ3) is 3.01. The molecule has 1 heteroatoms. The van der Waals surface area contributed by atoms with Gasteiger partial charge in [-0.05, 0) is 0 Å². The first-order valence-corrected chi connectivity index (χ1v) is 13.9.